The predicted octanol–water partition coefficient (Wildman–Crippen LogP) is 2.33. The SMILES string of the molecule is CCNC(=NCC(C)N1CCOCC1)N1CCC2(CCCCC2)C1. The molecule has 0 bridgehead atoms. The van der Waals surface area contributed by atoms with Crippen molar-refractivity contribution in [1.29, 1.82) is 0 Å². The number of ether oxygens (including phenoxy) is 1. The van der Waals surface area contributed by atoms with E-state index in [2.05, 4.69) is 29.0 Å². The molecule has 5 nitrogen and oxygen atoms in total. The number of nitrogens with zero attached hydrogens (tertiary/aromatic N) is 3. The van der Waals surface area contributed by atoms with Crippen molar-refractivity contribution in [2.24, 2.45) is 10.4 Å². The molecule has 3 aliphatic rings. The Balaban J connectivity index is 1.57. The van der Waals surface area contributed by atoms with Crippen LogP contribution in [-0.2, 0) is 4.74 Å². The molecule has 0 radical (unpaired) electrons. The van der Waals surface area contributed by atoms with E-state index < -0.39 is 0 Å². The Bertz CT molecular complexity index is 414. The van der Waals surface area contributed by atoms with E-state index in [9.17, 15) is 0 Å². The summed E-state index contributed by atoms with van der Waals surface area (Å²) < 4.78 is 5.46. The average molecular weight is 337 g/mol. The number of hydrogen-bond acceptors (Lipinski definition) is 3. The number of morpholine rings is 1. The first-order chi connectivity index (χ1) is 11.7. The summed E-state index contributed by atoms with van der Waals surface area (Å²) in [5, 5.41) is 3.54. The minimum atomic E-state index is 0.494. The zero-order chi connectivity index (χ0) is 16.8. The third-order valence-corrected chi connectivity index (χ3v) is 6.16. The highest BCUT2D eigenvalue weighted by atomic mass is 16.5. The maximum Gasteiger partial charge on any atom is 0.193 e. The number of rotatable bonds is 4. The summed E-state index contributed by atoms with van der Waals surface area (Å²) in [7, 11) is 0. The van der Waals surface area contributed by atoms with Gasteiger partial charge in [0.1, 0.15) is 0 Å². The van der Waals surface area contributed by atoms with Crippen LogP contribution < -0.4 is 5.32 Å². The van der Waals surface area contributed by atoms with Gasteiger partial charge in [0.05, 0.1) is 19.8 Å². The van der Waals surface area contributed by atoms with Crippen molar-refractivity contribution in [2.75, 3.05) is 52.5 Å². The highest BCUT2D eigenvalue weighted by molar-refractivity contribution is 5.80. The number of guanidine groups is 1. The molecule has 1 unspecified atom stereocenters. The van der Waals surface area contributed by atoms with E-state index in [1.807, 2.05) is 0 Å². The molecule has 24 heavy (non-hydrogen) atoms. The molecule has 0 aromatic rings. The molecule has 3 fully saturated rings. The van der Waals surface area contributed by atoms with E-state index in [1.165, 1.54) is 51.6 Å². The van der Waals surface area contributed by atoms with Gasteiger partial charge in [0.2, 0.25) is 0 Å². The zero-order valence-corrected chi connectivity index (χ0v) is 15.7. The van der Waals surface area contributed by atoms with Gasteiger partial charge in [0, 0.05) is 38.8 Å². The molecule has 0 aromatic heterocycles. The molecular weight excluding hydrogens is 300 g/mol. The topological polar surface area (TPSA) is 40.1 Å². The molecule has 5 heteroatoms. The molecule has 0 amide bonds. The Kier molecular flexibility index (Phi) is 6.39. The number of hydrogen-bond donors (Lipinski definition) is 1. The fraction of sp³-hybridized carbons (Fsp3) is 0.947. The van der Waals surface area contributed by atoms with Crippen LogP contribution in [0.5, 0.6) is 0 Å². The summed E-state index contributed by atoms with van der Waals surface area (Å²) in [6.07, 6.45) is 8.49. The summed E-state index contributed by atoms with van der Waals surface area (Å²) in [6, 6.07) is 0.494. The molecular formula is C19H36N4O. The number of nitrogens with one attached hydrogen (secondary N) is 1. The quantitative estimate of drug-likeness (QED) is 0.632. The molecule has 2 aliphatic heterocycles. The van der Waals surface area contributed by atoms with Gasteiger partial charge in [-0.1, -0.05) is 19.3 Å². The highest BCUT2D eigenvalue weighted by Gasteiger charge is 2.39. The van der Waals surface area contributed by atoms with Gasteiger partial charge in [-0.15, -0.1) is 0 Å². The average Bonchev–Trinajstić information content (AvgIpc) is 3.03. The van der Waals surface area contributed by atoms with Crippen LogP contribution in [0.25, 0.3) is 0 Å². The van der Waals surface area contributed by atoms with Gasteiger partial charge in [0.25, 0.3) is 0 Å². The molecule has 0 aromatic carbocycles. The van der Waals surface area contributed by atoms with Gasteiger partial charge in [0.15, 0.2) is 5.96 Å². The number of aliphatic imine (C=N–C) groups is 1. The molecule has 2 heterocycles. The Hall–Kier alpha value is -0.810. The monoisotopic (exact) mass is 336 g/mol. The van der Waals surface area contributed by atoms with Crippen molar-refractivity contribution < 1.29 is 4.74 Å². The lowest BCUT2D eigenvalue weighted by atomic mass is 9.73. The summed E-state index contributed by atoms with van der Waals surface area (Å²) in [5.74, 6) is 1.14. The van der Waals surface area contributed by atoms with Gasteiger partial charge in [-0.05, 0) is 38.5 Å². The van der Waals surface area contributed by atoms with Gasteiger partial charge in [-0.25, -0.2) is 0 Å². The van der Waals surface area contributed by atoms with Crippen LogP contribution in [0.15, 0.2) is 4.99 Å². The van der Waals surface area contributed by atoms with Crippen molar-refractivity contribution in [2.45, 2.75) is 58.4 Å². The summed E-state index contributed by atoms with van der Waals surface area (Å²) in [4.78, 5) is 10.0. The minimum absolute atomic E-state index is 0.494. The van der Waals surface area contributed by atoms with Crippen LogP contribution in [0, 0.1) is 5.41 Å². The largest absolute Gasteiger partial charge is 0.379 e. The summed E-state index contributed by atoms with van der Waals surface area (Å²) in [5.41, 5.74) is 0.588. The van der Waals surface area contributed by atoms with Gasteiger partial charge in [-0.2, -0.15) is 0 Å². The first kappa shape index (κ1) is 18.0. The Morgan fingerprint density at radius 1 is 1.12 bits per heavy atom. The van der Waals surface area contributed by atoms with Gasteiger partial charge >= 0.3 is 0 Å². The lowest BCUT2D eigenvalue weighted by molar-refractivity contribution is 0.0220. The van der Waals surface area contributed by atoms with Crippen molar-refractivity contribution in [3.05, 3.63) is 0 Å². The maximum atomic E-state index is 5.46. The van der Waals surface area contributed by atoms with Crippen LogP contribution >= 0.6 is 0 Å². The van der Waals surface area contributed by atoms with Crippen LogP contribution in [0.4, 0.5) is 0 Å². The van der Waals surface area contributed by atoms with Gasteiger partial charge < -0.3 is 15.0 Å². The van der Waals surface area contributed by atoms with E-state index >= 15 is 0 Å². The van der Waals surface area contributed by atoms with Crippen LogP contribution in [0.3, 0.4) is 0 Å². The molecule has 1 atom stereocenters. The van der Waals surface area contributed by atoms with Crippen molar-refractivity contribution in [3.8, 4) is 0 Å². The fourth-order valence-corrected chi connectivity index (χ4v) is 4.60. The first-order valence-electron chi connectivity index (χ1n) is 10.1. The standard InChI is InChI=1S/C19H36N4O/c1-3-20-18(21-15-17(2)22-11-13-24-14-12-22)23-10-9-19(16-23)7-5-4-6-8-19/h17H,3-16H2,1-2H3,(H,20,21). The second kappa shape index (κ2) is 8.52. The smallest absolute Gasteiger partial charge is 0.193 e. The zero-order valence-electron chi connectivity index (χ0n) is 15.7. The number of likely N-dealkylation sites (tertiary alicyclic amines) is 1. The lowest BCUT2D eigenvalue weighted by Crippen LogP contribution is -2.45. The third-order valence-electron chi connectivity index (χ3n) is 6.16. The van der Waals surface area contributed by atoms with Gasteiger partial charge in [-0.3, -0.25) is 9.89 Å². The van der Waals surface area contributed by atoms with Crippen molar-refractivity contribution in [3.63, 3.8) is 0 Å². The molecule has 1 N–H and O–H groups in total. The Morgan fingerprint density at radius 2 is 1.88 bits per heavy atom. The van der Waals surface area contributed by atoms with Crippen LogP contribution in [-0.4, -0.2) is 74.3 Å². The second-order valence-electron chi connectivity index (χ2n) is 7.92. The van der Waals surface area contributed by atoms with E-state index in [1.54, 1.807) is 0 Å². The van der Waals surface area contributed by atoms with Crippen molar-refractivity contribution >= 4 is 5.96 Å². The maximum absolute atomic E-state index is 5.46. The Labute approximate surface area is 147 Å². The highest BCUT2D eigenvalue weighted by Crippen LogP contribution is 2.43. The molecule has 3 rings (SSSR count). The molecule has 2 saturated heterocycles. The third kappa shape index (κ3) is 4.42. The van der Waals surface area contributed by atoms with E-state index in [0.29, 0.717) is 11.5 Å². The second-order valence-corrected chi connectivity index (χ2v) is 7.92. The van der Waals surface area contributed by atoms with Crippen LogP contribution in [0.2, 0.25) is 0 Å². The summed E-state index contributed by atoms with van der Waals surface area (Å²) in [6.45, 7) is 12.5. The van der Waals surface area contributed by atoms with E-state index in [0.717, 1.165) is 45.4 Å². The van der Waals surface area contributed by atoms with E-state index in [-0.39, 0.29) is 0 Å². The normalized spacial score (nSPS) is 26.8. The predicted molar refractivity (Wildman–Crippen MR) is 99.5 cm³/mol. The van der Waals surface area contributed by atoms with Crippen molar-refractivity contribution in [1.82, 2.24) is 15.1 Å². The molecule has 1 aliphatic carbocycles. The lowest BCUT2D eigenvalue weighted by Gasteiger charge is -2.34. The molecule has 138 valence electrons. The molecule has 1 saturated carbocycles. The minimum Gasteiger partial charge on any atom is -0.379 e. The fourth-order valence-electron chi connectivity index (χ4n) is 4.60. The molecule has 1 spiro atoms. The van der Waals surface area contributed by atoms with E-state index in [4.69, 9.17) is 9.73 Å². The summed E-state index contributed by atoms with van der Waals surface area (Å²) >= 11 is 0. The Morgan fingerprint density at radius 3 is 2.58 bits per heavy atom. The van der Waals surface area contributed by atoms with Crippen LogP contribution in [0.1, 0.15) is 52.4 Å². The first-order valence-corrected chi connectivity index (χ1v) is 10.1.